The predicted octanol–water partition coefficient (Wildman–Crippen LogP) is 2.86. The van der Waals surface area contributed by atoms with Gasteiger partial charge >= 0.3 is 5.97 Å². The number of aliphatic hydroxyl groups is 1. The number of aromatic nitrogens is 3. The number of carbonyl (C=O) groups is 1. The highest BCUT2D eigenvalue weighted by molar-refractivity contribution is 5.88. The van der Waals surface area contributed by atoms with E-state index in [0.29, 0.717) is 22.3 Å². The van der Waals surface area contributed by atoms with Crippen LogP contribution in [-0.4, -0.2) is 43.7 Å². The molecule has 1 unspecified atom stereocenters. The van der Waals surface area contributed by atoms with Gasteiger partial charge in [0.2, 0.25) is 0 Å². The number of fused-ring (bicyclic) bond motifs is 1. The second-order valence-corrected chi connectivity index (χ2v) is 6.61. The van der Waals surface area contributed by atoms with Crippen molar-refractivity contribution in [2.24, 2.45) is 0 Å². The minimum Gasteiger partial charge on any atom is -0.478 e. The number of carboxylic acids is 1. The van der Waals surface area contributed by atoms with Crippen LogP contribution >= 0.6 is 0 Å². The minimum atomic E-state index is -1.33. The largest absolute Gasteiger partial charge is 0.478 e. The fourth-order valence-corrected chi connectivity index (χ4v) is 2.98. The van der Waals surface area contributed by atoms with E-state index in [0.717, 1.165) is 18.9 Å². The summed E-state index contributed by atoms with van der Waals surface area (Å²) in [6.07, 6.45) is 5.80. The van der Waals surface area contributed by atoms with Gasteiger partial charge in [-0.05, 0) is 37.5 Å². The van der Waals surface area contributed by atoms with Crippen molar-refractivity contribution < 1.29 is 24.1 Å². The lowest BCUT2D eigenvalue weighted by Gasteiger charge is -2.26. The van der Waals surface area contributed by atoms with Crippen molar-refractivity contribution in [2.45, 2.75) is 31.5 Å². The van der Waals surface area contributed by atoms with Gasteiger partial charge in [0, 0.05) is 23.2 Å². The molecule has 1 aliphatic rings. The average Bonchev–Trinajstić information content (AvgIpc) is 3.03. The smallest absolute Gasteiger partial charge is 0.338 e. The number of aliphatic hydroxyl groups excluding tert-OH is 1. The third-order valence-electron chi connectivity index (χ3n) is 4.78. The maximum Gasteiger partial charge on any atom is 0.338 e. The third kappa shape index (κ3) is 3.41. The number of aromatic carboxylic acids is 1. The van der Waals surface area contributed by atoms with Crippen molar-refractivity contribution in [2.75, 3.05) is 6.61 Å². The molecule has 0 bridgehead atoms. The van der Waals surface area contributed by atoms with Crippen molar-refractivity contribution >= 4 is 17.0 Å². The van der Waals surface area contributed by atoms with E-state index in [1.54, 1.807) is 12.3 Å². The fraction of sp³-hybridized carbons (Fsp3) is 0.316. The number of carboxylic acid groups (broad SMARTS) is 1. The van der Waals surface area contributed by atoms with Gasteiger partial charge in [-0.15, -0.1) is 0 Å². The van der Waals surface area contributed by atoms with Crippen molar-refractivity contribution in [3.05, 3.63) is 53.6 Å². The summed E-state index contributed by atoms with van der Waals surface area (Å²) in [6, 6.07) is 5.53. The van der Waals surface area contributed by atoms with Gasteiger partial charge in [0.1, 0.15) is 11.9 Å². The Morgan fingerprint density at radius 1 is 1.33 bits per heavy atom. The number of benzene rings is 1. The van der Waals surface area contributed by atoms with Crippen molar-refractivity contribution in [1.29, 1.82) is 0 Å². The molecule has 4 rings (SSSR count). The van der Waals surface area contributed by atoms with Crippen LogP contribution in [0.15, 0.2) is 36.7 Å². The summed E-state index contributed by atoms with van der Waals surface area (Å²) in [5, 5.41) is 24.1. The summed E-state index contributed by atoms with van der Waals surface area (Å²) in [4.78, 5) is 15.3. The van der Waals surface area contributed by atoms with Crippen LogP contribution in [0.5, 0.6) is 0 Å². The Balaban J connectivity index is 1.58. The molecule has 27 heavy (non-hydrogen) atoms. The zero-order valence-electron chi connectivity index (χ0n) is 14.4. The zero-order valence-corrected chi connectivity index (χ0v) is 14.4. The first-order valence-electron chi connectivity index (χ1n) is 8.69. The number of hydrogen-bond donors (Lipinski definition) is 2. The Morgan fingerprint density at radius 3 is 2.81 bits per heavy atom. The lowest BCUT2D eigenvalue weighted by atomic mass is 9.96. The standard InChI is InChI=1S/C19H18FN3O4/c20-16-7-13(4-5-15(16)19(25)26)23-18-12(9-22-23)6-11(8-21-18)17(24)10-27-14-2-1-3-14/h4-9,14,17,24H,1-3,10H2,(H,25,26). The first-order chi connectivity index (χ1) is 13.0. The van der Waals surface area contributed by atoms with E-state index in [9.17, 15) is 14.3 Å². The van der Waals surface area contributed by atoms with E-state index in [1.807, 2.05) is 0 Å². The maximum atomic E-state index is 14.0. The lowest BCUT2D eigenvalue weighted by molar-refractivity contribution is -0.0427. The topological polar surface area (TPSA) is 97.5 Å². The molecule has 1 atom stereocenters. The highest BCUT2D eigenvalue weighted by Gasteiger charge is 2.20. The first kappa shape index (κ1) is 17.6. The summed E-state index contributed by atoms with van der Waals surface area (Å²) < 4.78 is 21.0. The van der Waals surface area contributed by atoms with Crippen LogP contribution in [-0.2, 0) is 4.74 Å². The number of nitrogens with zero attached hydrogens (tertiary/aromatic N) is 3. The molecule has 7 nitrogen and oxygen atoms in total. The molecule has 0 radical (unpaired) electrons. The minimum absolute atomic E-state index is 0.216. The molecule has 2 N–H and O–H groups in total. The molecule has 140 valence electrons. The monoisotopic (exact) mass is 371 g/mol. The Morgan fingerprint density at radius 2 is 2.15 bits per heavy atom. The van der Waals surface area contributed by atoms with Crippen LogP contribution in [0.25, 0.3) is 16.7 Å². The second-order valence-electron chi connectivity index (χ2n) is 6.61. The van der Waals surface area contributed by atoms with E-state index < -0.39 is 23.5 Å². The van der Waals surface area contributed by atoms with Crippen LogP contribution in [0.4, 0.5) is 4.39 Å². The van der Waals surface area contributed by atoms with Gasteiger partial charge in [-0.1, -0.05) is 0 Å². The molecule has 0 spiro atoms. The molecular formula is C19H18FN3O4. The van der Waals surface area contributed by atoms with Crippen molar-refractivity contribution in [3.8, 4) is 5.69 Å². The Bertz CT molecular complexity index is 1000. The van der Waals surface area contributed by atoms with Gasteiger partial charge in [-0.3, -0.25) is 0 Å². The van der Waals surface area contributed by atoms with E-state index in [1.165, 1.54) is 29.4 Å². The van der Waals surface area contributed by atoms with E-state index in [4.69, 9.17) is 9.84 Å². The summed E-state index contributed by atoms with van der Waals surface area (Å²) >= 11 is 0. The van der Waals surface area contributed by atoms with Gasteiger partial charge in [-0.25, -0.2) is 18.9 Å². The van der Waals surface area contributed by atoms with Gasteiger partial charge in [-0.2, -0.15) is 5.10 Å². The van der Waals surface area contributed by atoms with Gasteiger partial charge < -0.3 is 14.9 Å². The number of halogens is 1. The predicted molar refractivity (Wildman–Crippen MR) is 94.3 cm³/mol. The number of pyridine rings is 1. The lowest BCUT2D eigenvalue weighted by Crippen LogP contribution is -2.24. The highest BCUT2D eigenvalue weighted by atomic mass is 19.1. The molecule has 2 heterocycles. The number of hydrogen-bond acceptors (Lipinski definition) is 5. The van der Waals surface area contributed by atoms with Gasteiger partial charge in [0.25, 0.3) is 0 Å². The Hall–Kier alpha value is -2.84. The summed E-state index contributed by atoms with van der Waals surface area (Å²) in [7, 11) is 0. The summed E-state index contributed by atoms with van der Waals surface area (Å²) in [5.41, 5.74) is 1.06. The first-order valence-corrected chi connectivity index (χ1v) is 8.69. The van der Waals surface area contributed by atoms with Crippen LogP contribution in [0.3, 0.4) is 0 Å². The van der Waals surface area contributed by atoms with E-state index in [-0.39, 0.29) is 12.7 Å². The molecular weight excluding hydrogens is 353 g/mol. The van der Waals surface area contributed by atoms with E-state index >= 15 is 0 Å². The average molecular weight is 371 g/mol. The molecule has 0 amide bonds. The Kier molecular flexibility index (Phi) is 4.59. The molecule has 1 aromatic carbocycles. The molecule has 8 heteroatoms. The quantitative estimate of drug-likeness (QED) is 0.692. The van der Waals surface area contributed by atoms with Crippen molar-refractivity contribution in [1.82, 2.24) is 14.8 Å². The van der Waals surface area contributed by atoms with Gasteiger partial charge in [0.05, 0.1) is 30.2 Å². The van der Waals surface area contributed by atoms with Gasteiger partial charge in [0.15, 0.2) is 5.65 Å². The molecule has 3 aromatic rings. The highest BCUT2D eigenvalue weighted by Crippen LogP contribution is 2.25. The molecule has 2 aromatic heterocycles. The molecule has 1 saturated carbocycles. The molecule has 0 saturated heterocycles. The zero-order chi connectivity index (χ0) is 19.0. The Labute approximate surface area is 154 Å². The maximum absolute atomic E-state index is 14.0. The SMILES string of the molecule is O=C(O)c1ccc(-n2ncc3cc(C(O)COC4CCC4)cnc32)cc1F. The second kappa shape index (κ2) is 7.05. The van der Waals surface area contributed by atoms with Crippen LogP contribution in [0.1, 0.15) is 41.3 Å². The van der Waals surface area contributed by atoms with Crippen molar-refractivity contribution in [3.63, 3.8) is 0 Å². The number of rotatable bonds is 6. The van der Waals surface area contributed by atoms with Crippen LogP contribution in [0.2, 0.25) is 0 Å². The van der Waals surface area contributed by atoms with Crippen LogP contribution < -0.4 is 0 Å². The summed E-state index contributed by atoms with van der Waals surface area (Å²) in [6.45, 7) is 0.216. The molecule has 0 aliphatic heterocycles. The molecule has 1 fully saturated rings. The third-order valence-corrected chi connectivity index (χ3v) is 4.78. The number of ether oxygens (including phenoxy) is 1. The molecule has 1 aliphatic carbocycles. The fourth-order valence-electron chi connectivity index (χ4n) is 2.98. The normalized spacial score (nSPS) is 15.6. The van der Waals surface area contributed by atoms with E-state index in [2.05, 4.69) is 10.1 Å². The van der Waals surface area contributed by atoms with Crippen LogP contribution in [0, 0.1) is 5.82 Å². The summed E-state index contributed by atoms with van der Waals surface area (Å²) in [5.74, 6) is -2.17.